The molecule has 0 radical (unpaired) electrons. The number of nitrogens with one attached hydrogen (secondary N) is 1. The van der Waals surface area contributed by atoms with Crippen LogP contribution in [0.25, 0.3) is 0 Å². The molecule has 1 aromatic heterocycles. The van der Waals surface area contributed by atoms with Crippen LogP contribution in [0.5, 0.6) is 5.75 Å². The van der Waals surface area contributed by atoms with E-state index in [0.29, 0.717) is 12.0 Å². The van der Waals surface area contributed by atoms with E-state index in [0.717, 1.165) is 0 Å². The molecule has 1 N–H and O–H groups in total. The summed E-state index contributed by atoms with van der Waals surface area (Å²) in [6.07, 6.45) is 1.94. The lowest BCUT2D eigenvalue weighted by Crippen LogP contribution is -2.20. The van der Waals surface area contributed by atoms with Gasteiger partial charge in [-0.25, -0.2) is 9.37 Å². The van der Waals surface area contributed by atoms with E-state index in [1.54, 1.807) is 6.07 Å². The van der Waals surface area contributed by atoms with E-state index in [1.165, 1.54) is 36.5 Å². The molecule has 0 aliphatic rings. The number of nitrogens with zero attached hydrogens (tertiary/aromatic N) is 1. The van der Waals surface area contributed by atoms with Crippen molar-refractivity contribution in [3.8, 4) is 5.75 Å². The molecule has 0 aliphatic carbocycles. The molecule has 1 aromatic carbocycles. The van der Waals surface area contributed by atoms with Crippen LogP contribution in [0.15, 0.2) is 42.6 Å². The van der Waals surface area contributed by atoms with E-state index in [9.17, 15) is 14.0 Å². The normalized spacial score (nSPS) is 9.85. The molecule has 0 unspecified atom stereocenters. The van der Waals surface area contributed by atoms with Crippen molar-refractivity contribution in [3.63, 3.8) is 0 Å². The molecule has 1 heterocycles. The van der Waals surface area contributed by atoms with Crippen molar-refractivity contribution in [1.29, 1.82) is 0 Å². The Balaban J connectivity index is 1.88. The number of rotatable bonds is 5. The number of pyridine rings is 1. The van der Waals surface area contributed by atoms with E-state index >= 15 is 0 Å². The molecule has 0 spiro atoms. The highest BCUT2D eigenvalue weighted by atomic mass is 19.1. The molecule has 102 valence electrons. The Hall–Kier alpha value is -2.76. The first-order chi connectivity index (χ1) is 9.69. The fraction of sp³-hybridized carbons (Fsp3) is 0.0714. The molecule has 0 aliphatic heterocycles. The molecule has 5 nitrogen and oxygen atoms in total. The summed E-state index contributed by atoms with van der Waals surface area (Å²) in [5, 5.41) is 2.39. The Morgan fingerprint density at radius 2 is 2.10 bits per heavy atom. The molecule has 0 atom stereocenters. The summed E-state index contributed by atoms with van der Waals surface area (Å²) in [7, 11) is 0. The monoisotopic (exact) mass is 274 g/mol. The molecular formula is C14H11FN2O3. The third-order valence-electron chi connectivity index (χ3n) is 2.40. The van der Waals surface area contributed by atoms with Crippen LogP contribution < -0.4 is 10.1 Å². The van der Waals surface area contributed by atoms with Gasteiger partial charge in [0.2, 0.25) is 0 Å². The van der Waals surface area contributed by atoms with Crippen LogP contribution in [0.3, 0.4) is 0 Å². The number of hydrogen-bond donors (Lipinski definition) is 1. The topological polar surface area (TPSA) is 68.3 Å². The summed E-state index contributed by atoms with van der Waals surface area (Å²) in [4.78, 5) is 25.8. The Bertz CT molecular complexity index is 614. The Morgan fingerprint density at radius 1 is 1.30 bits per heavy atom. The van der Waals surface area contributed by atoms with Crippen molar-refractivity contribution < 1.29 is 18.7 Å². The second kappa shape index (κ2) is 6.42. The number of para-hydroxylation sites is 1. The molecule has 0 saturated heterocycles. The highest BCUT2D eigenvalue weighted by Gasteiger charge is 2.07. The average Bonchev–Trinajstić information content (AvgIpc) is 2.48. The predicted octanol–water partition coefficient (Wildman–Crippen LogP) is 2.05. The third kappa shape index (κ3) is 3.61. The van der Waals surface area contributed by atoms with Gasteiger partial charge in [-0.2, -0.15) is 0 Å². The molecule has 2 aromatic rings. The molecule has 0 saturated carbocycles. The first-order valence-electron chi connectivity index (χ1n) is 5.77. The standard InChI is InChI=1S/C14H11FN2O3/c15-12-3-1-2-4-13(12)17-14(19)9-20-11-6-5-10(8-18)16-7-11/h1-8H,9H2,(H,17,19). The number of benzene rings is 1. The fourth-order valence-electron chi connectivity index (χ4n) is 1.44. The maximum Gasteiger partial charge on any atom is 0.262 e. The summed E-state index contributed by atoms with van der Waals surface area (Å²) in [6.45, 7) is -0.281. The zero-order valence-electron chi connectivity index (χ0n) is 10.4. The van der Waals surface area contributed by atoms with Gasteiger partial charge in [0.05, 0.1) is 11.9 Å². The van der Waals surface area contributed by atoms with Gasteiger partial charge in [-0.15, -0.1) is 0 Å². The molecule has 2 rings (SSSR count). The number of carbonyl (C=O) groups is 2. The average molecular weight is 274 g/mol. The SMILES string of the molecule is O=Cc1ccc(OCC(=O)Nc2ccccc2F)cn1. The molecule has 20 heavy (non-hydrogen) atoms. The Morgan fingerprint density at radius 3 is 2.75 bits per heavy atom. The van der Waals surface area contributed by atoms with Crippen LogP contribution in [0.1, 0.15) is 10.5 Å². The Kier molecular flexibility index (Phi) is 4.39. The van der Waals surface area contributed by atoms with Gasteiger partial charge in [-0.1, -0.05) is 12.1 Å². The van der Waals surface area contributed by atoms with Gasteiger partial charge in [0.25, 0.3) is 5.91 Å². The second-order valence-corrected chi connectivity index (χ2v) is 3.85. The first kappa shape index (κ1) is 13.7. The lowest BCUT2D eigenvalue weighted by Gasteiger charge is -2.07. The molecule has 6 heteroatoms. The summed E-state index contributed by atoms with van der Waals surface area (Å²) in [6, 6.07) is 8.83. The summed E-state index contributed by atoms with van der Waals surface area (Å²) in [5.41, 5.74) is 0.365. The van der Waals surface area contributed by atoms with Gasteiger partial charge in [0.15, 0.2) is 12.9 Å². The van der Waals surface area contributed by atoms with Crippen molar-refractivity contribution in [2.24, 2.45) is 0 Å². The zero-order chi connectivity index (χ0) is 14.4. The number of ether oxygens (including phenoxy) is 1. The Labute approximate surface area is 114 Å². The smallest absolute Gasteiger partial charge is 0.262 e. The van der Waals surface area contributed by atoms with Gasteiger partial charge < -0.3 is 10.1 Å². The van der Waals surface area contributed by atoms with Crippen LogP contribution in [-0.4, -0.2) is 23.8 Å². The van der Waals surface area contributed by atoms with Crippen molar-refractivity contribution in [1.82, 2.24) is 4.98 Å². The third-order valence-corrected chi connectivity index (χ3v) is 2.40. The lowest BCUT2D eigenvalue weighted by atomic mass is 10.3. The van der Waals surface area contributed by atoms with E-state index in [4.69, 9.17) is 4.74 Å². The summed E-state index contributed by atoms with van der Waals surface area (Å²) < 4.78 is 18.5. The van der Waals surface area contributed by atoms with Crippen LogP contribution in [0.4, 0.5) is 10.1 Å². The number of carbonyl (C=O) groups excluding carboxylic acids is 2. The minimum atomic E-state index is -0.516. The first-order valence-corrected chi connectivity index (χ1v) is 5.77. The van der Waals surface area contributed by atoms with Crippen molar-refractivity contribution in [3.05, 3.63) is 54.1 Å². The highest BCUT2D eigenvalue weighted by molar-refractivity contribution is 5.91. The van der Waals surface area contributed by atoms with E-state index in [2.05, 4.69) is 10.3 Å². The fourth-order valence-corrected chi connectivity index (χ4v) is 1.44. The number of aldehydes is 1. The molecule has 0 bridgehead atoms. The zero-order valence-corrected chi connectivity index (χ0v) is 10.4. The van der Waals surface area contributed by atoms with Gasteiger partial charge in [0, 0.05) is 0 Å². The molecule has 1 amide bonds. The van der Waals surface area contributed by atoms with Gasteiger partial charge in [-0.05, 0) is 24.3 Å². The van der Waals surface area contributed by atoms with Crippen LogP contribution >= 0.6 is 0 Å². The molecular weight excluding hydrogens is 263 g/mol. The predicted molar refractivity (Wildman–Crippen MR) is 70.1 cm³/mol. The van der Waals surface area contributed by atoms with Crippen LogP contribution in [-0.2, 0) is 4.79 Å². The second-order valence-electron chi connectivity index (χ2n) is 3.85. The summed E-state index contributed by atoms with van der Waals surface area (Å²) >= 11 is 0. The maximum atomic E-state index is 13.3. The van der Waals surface area contributed by atoms with Crippen molar-refractivity contribution >= 4 is 17.9 Å². The van der Waals surface area contributed by atoms with E-state index in [1.807, 2.05) is 0 Å². The number of aromatic nitrogens is 1. The maximum absolute atomic E-state index is 13.3. The quantitative estimate of drug-likeness (QED) is 0.847. The number of hydrogen-bond acceptors (Lipinski definition) is 4. The largest absolute Gasteiger partial charge is 0.482 e. The van der Waals surface area contributed by atoms with Crippen LogP contribution in [0.2, 0.25) is 0 Å². The van der Waals surface area contributed by atoms with E-state index in [-0.39, 0.29) is 18.0 Å². The van der Waals surface area contributed by atoms with Gasteiger partial charge in [-0.3, -0.25) is 9.59 Å². The van der Waals surface area contributed by atoms with Gasteiger partial charge in [0.1, 0.15) is 17.3 Å². The minimum Gasteiger partial charge on any atom is -0.482 e. The number of anilines is 1. The van der Waals surface area contributed by atoms with Gasteiger partial charge >= 0.3 is 0 Å². The van der Waals surface area contributed by atoms with Crippen LogP contribution in [0, 0.1) is 5.82 Å². The van der Waals surface area contributed by atoms with E-state index < -0.39 is 11.7 Å². The minimum absolute atomic E-state index is 0.0931. The molecule has 0 fully saturated rings. The van der Waals surface area contributed by atoms with Crippen molar-refractivity contribution in [2.75, 3.05) is 11.9 Å². The van der Waals surface area contributed by atoms with Crippen molar-refractivity contribution in [2.45, 2.75) is 0 Å². The number of amides is 1. The number of halogens is 1. The lowest BCUT2D eigenvalue weighted by molar-refractivity contribution is -0.118. The highest BCUT2D eigenvalue weighted by Crippen LogP contribution is 2.12. The summed E-state index contributed by atoms with van der Waals surface area (Å²) in [5.74, 6) is -0.660.